The van der Waals surface area contributed by atoms with Gasteiger partial charge in [0.15, 0.2) is 0 Å². The van der Waals surface area contributed by atoms with Gasteiger partial charge in [0.2, 0.25) is 10.0 Å². The highest BCUT2D eigenvalue weighted by molar-refractivity contribution is 7.89. The average molecular weight is 307 g/mol. The van der Waals surface area contributed by atoms with Crippen molar-refractivity contribution >= 4 is 10.0 Å². The molecule has 0 aromatic carbocycles. The zero-order chi connectivity index (χ0) is 15.0. The summed E-state index contributed by atoms with van der Waals surface area (Å²) in [6, 6.07) is 0. The van der Waals surface area contributed by atoms with Gasteiger partial charge in [0.1, 0.15) is 4.90 Å². The minimum atomic E-state index is -3.63. The first-order valence-corrected chi connectivity index (χ1v) is 7.61. The second-order valence-corrected chi connectivity index (χ2v) is 5.99. The van der Waals surface area contributed by atoms with Crippen molar-refractivity contribution < 1.29 is 23.0 Å². The first-order chi connectivity index (χ1) is 9.56. The number of aromatic nitrogens is 2. The molecule has 8 nitrogen and oxygen atoms in total. The quantitative estimate of drug-likeness (QED) is 0.606. The van der Waals surface area contributed by atoms with E-state index in [1.54, 1.807) is 0 Å². The fourth-order valence-electron chi connectivity index (χ4n) is 1.59. The molecule has 1 rings (SSSR count). The second kappa shape index (κ2) is 8.32. The van der Waals surface area contributed by atoms with Crippen LogP contribution in [0.3, 0.4) is 0 Å². The summed E-state index contributed by atoms with van der Waals surface area (Å²) in [4.78, 5) is 0.0955. The number of aliphatic hydroxyl groups excluding tert-OH is 1. The Labute approximate surface area is 119 Å². The monoisotopic (exact) mass is 307 g/mol. The van der Waals surface area contributed by atoms with E-state index in [1.807, 2.05) is 0 Å². The van der Waals surface area contributed by atoms with Crippen molar-refractivity contribution in [3.8, 4) is 0 Å². The molecule has 0 bridgehead atoms. The van der Waals surface area contributed by atoms with Gasteiger partial charge in [-0.1, -0.05) is 0 Å². The maximum absolute atomic E-state index is 12.5. The van der Waals surface area contributed by atoms with Crippen LogP contribution in [-0.2, 0) is 26.0 Å². The summed E-state index contributed by atoms with van der Waals surface area (Å²) in [6.07, 6.45) is 2.68. The lowest BCUT2D eigenvalue weighted by atomic mass is 10.6. The third kappa shape index (κ3) is 4.53. The molecule has 0 unspecified atom stereocenters. The van der Waals surface area contributed by atoms with Gasteiger partial charge < -0.3 is 14.6 Å². The zero-order valence-corrected chi connectivity index (χ0v) is 12.5. The van der Waals surface area contributed by atoms with Crippen LogP contribution in [0.4, 0.5) is 0 Å². The van der Waals surface area contributed by atoms with E-state index >= 15 is 0 Å². The summed E-state index contributed by atoms with van der Waals surface area (Å²) in [5.74, 6) is 0. The largest absolute Gasteiger partial charge is 0.394 e. The number of rotatable bonds is 10. The summed E-state index contributed by atoms with van der Waals surface area (Å²) in [7, 11) is -0.606. The van der Waals surface area contributed by atoms with E-state index in [0.29, 0.717) is 13.2 Å². The predicted molar refractivity (Wildman–Crippen MR) is 71.8 cm³/mol. The molecule has 116 valence electrons. The Bertz CT molecular complexity index is 480. The lowest BCUT2D eigenvalue weighted by molar-refractivity contribution is 0.150. The molecule has 20 heavy (non-hydrogen) atoms. The minimum Gasteiger partial charge on any atom is -0.394 e. The Morgan fingerprint density at radius 1 is 1.30 bits per heavy atom. The summed E-state index contributed by atoms with van der Waals surface area (Å²) >= 11 is 0. The lowest BCUT2D eigenvalue weighted by Gasteiger charge is -2.20. The maximum Gasteiger partial charge on any atom is 0.246 e. The fourth-order valence-corrected chi connectivity index (χ4v) is 2.95. The molecular weight excluding hydrogens is 286 g/mol. The standard InChI is InChI=1S/C11H21N3O5S/c1-18-7-4-14(5-8-19-2)20(16,17)11-9-12-13(10-11)3-6-15/h9-10,15H,3-8H2,1-2H3. The van der Waals surface area contributed by atoms with E-state index in [0.717, 1.165) is 0 Å². The van der Waals surface area contributed by atoms with Gasteiger partial charge in [0.25, 0.3) is 0 Å². The van der Waals surface area contributed by atoms with Crippen molar-refractivity contribution in [2.75, 3.05) is 47.1 Å². The number of ether oxygens (including phenoxy) is 2. The highest BCUT2D eigenvalue weighted by atomic mass is 32.2. The molecule has 0 aliphatic carbocycles. The Balaban J connectivity index is 2.88. The smallest absolute Gasteiger partial charge is 0.246 e. The van der Waals surface area contributed by atoms with E-state index in [-0.39, 0.29) is 31.1 Å². The molecule has 0 saturated carbocycles. The maximum atomic E-state index is 12.5. The number of hydrogen-bond acceptors (Lipinski definition) is 6. The van der Waals surface area contributed by atoms with E-state index in [2.05, 4.69) is 5.10 Å². The third-order valence-electron chi connectivity index (χ3n) is 2.67. The summed E-state index contributed by atoms with van der Waals surface area (Å²) in [6.45, 7) is 1.24. The van der Waals surface area contributed by atoms with E-state index in [1.165, 1.54) is 35.6 Å². The molecule has 9 heteroatoms. The van der Waals surface area contributed by atoms with Crippen molar-refractivity contribution in [1.82, 2.24) is 14.1 Å². The Kier molecular flexibility index (Phi) is 7.10. The number of aliphatic hydroxyl groups is 1. The van der Waals surface area contributed by atoms with Gasteiger partial charge >= 0.3 is 0 Å². The van der Waals surface area contributed by atoms with Crippen LogP contribution in [0.5, 0.6) is 0 Å². The van der Waals surface area contributed by atoms with Crippen LogP contribution in [0.1, 0.15) is 0 Å². The molecular formula is C11H21N3O5S. The van der Waals surface area contributed by atoms with Crippen molar-refractivity contribution in [1.29, 1.82) is 0 Å². The summed E-state index contributed by atoms with van der Waals surface area (Å²) in [5.41, 5.74) is 0. The molecule has 0 aliphatic rings. The summed E-state index contributed by atoms with van der Waals surface area (Å²) in [5, 5.41) is 12.7. The van der Waals surface area contributed by atoms with Crippen LogP contribution < -0.4 is 0 Å². The van der Waals surface area contributed by atoms with Crippen LogP contribution in [0, 0.1) is 0 Å². The van der Waals surface area contributed by atoms with Gasteiger partial charge in [-0.05, 0) is 0 Å². The number of hydrogen-bond donors (Lipinski definition) is 1. The van der Waals surface area contributed by atoms with Gasteiger partial charge in [-0.25, -0.2) is 8.42 Å². The molecule has 0 aliphatic heterocycles. The molecule has 1 N–H and O–H groups in total. The van der Waals surface area contributed by atoms with Crippen LogP contribution in [0.25, 0.3) is 0 Å². The first kappa shape index (κ1) is 17.1. The van der Waals surface area contributed by atoms with Gasteiger partial charge in [0.05, 0.1) is 32.6 Å². The first-order valence-electron chi connectivity index (χ1n) is 6.17. The normalized spacial score (nSPS) is 12.2. The van der Waals surface area contributed by atoms with Crippen LogP contribution in [0.15, 0.2) is 17.3 Å². The lowest BCUT2D eigenvalue weighted by Crippen LogP contribution is -2.36. The molecule has 1 aromatic rings. The molecule has 0 atom stereocenters. The highest BCUT2D eigenvalue weighted by Crippen LogP contribution is 2.14. The highest BCUT2D eigenvalue weighted by Gasteiger charge is 2.25. The van der Waals surface area contributed by atoms with Gasteiger partial charge in [-0.2, -0.15) is 9.40 Å². The fraction of sp³-hybridized carbons (Fsp3) is 0.727. The Hall–Kier alpha value is -1.00. The van der Waals surface area contributed by atoms with Crippen molar-refractivity contribution in [2.45, 2.75) is 11.4 Å². The second-order valence-electron chi connectivity index (χ2n) is 4.05. The molecule has 0 radical (unpaired) electrons. The molecule has 1 heterocycles. The summed E-state index contributed by atoms with van der Waals surface area (Å²) < 4.78 is 37.5. The van der Waals surface area contributed by atoms with Gasteiger partial charge in [0, 0.05) is 33.5 Å². The van der Waals surface area contributed by atoms with Crippen molar-refractivity contribution in [3.63, 3.8) is 0 Å². The van der Waals surface area contributed by atoms with E-state index < -0.39 is 10.0 Å². The third-order valence-corrected chi connectivity index (χ3v) is 4.52. The number of methoxy groups -OCH3 is 2. The Morgan fingerprint density at radius 3 is 2.40 bits per heavy atom. The molecule has 1 aromatic heterocycles. The Morgan fingerprint density at radius 2 is 1.90 bits per heavy atom. The van der Waals surface area contributed by atoms with Crippen molar-refractivity contribution in [3.05, 3.63) is 12.4 Å². The predicted octanol–water partition coefficient (Wildman–Crippen LogP) is -0.841. The molecule has 0 spiro atoms. The number of nitrogens with zero attached hydrogens (tertiary/aromatic N) is 3. The van der Waals surface area contributed by atoms with Crippen LogP contribution in [-0.4, -0.2) is 74.7 Å². The van der Waals surface area contributed by atoms with Crippen LogP contribution in [0.2, 0.25) is 0 Å². The molecule has 0 amide bonds. The van der Waals surface area contributed by atoms with Gasteiger partial charge in [-0.3, -0.25) is 4.68 Å². The number of sulfonamides is 1. The molecule has 0 fully saturated rings. The average Bonchev–Trinajstić information content (AvgIpc) is 2.88. The van der Waals surface area contributed by atoms with Gasteiger partial charge in [-0.15, -0.1) is 0 Å². The van der Waals surface area contributed by atoms with E-state index in [4.69, 9.17) is 14.6 Å². The zero-order valence-electron chi connectivity index (χ0n) is 11.7. The van der Waals surface area contributed by atoms with E-state index in [9.17, 15) is 8.42 Å². The molecule has 0 saturated heterocycles. The van der Waals surface area contributed by atoms with Crippen molar-refractivity contribution in [2.24, 2.45) is 0 Å². The van der Waals surface area contributed by atoms with Crippen LogP contribution >= 0.6 is 0 Å². The minimum absolute atomic E-state index is 0.0955. The SMILES string of the molecule is COCCN(CCOC)S(=O)(=O)c1cnn(CCO)c1. The topological polar surface area (TPSA) is 93.9 Å².